The highest BCUT2D eigenvalue weighted by Crippen LogP contribution is 2.38. The summed E-state index contributed by atoms with van der Waals surface area (Å²) in [5, 5.41) is 13.5. The van der Waals surface area contributed by atoms with Crippen LogP contribution in [0.15, 0.2) is 122 Å². The smallest absolute Gasteiger partial charge is 0.327 e. The van der Waals surface area contributed by atoms with Gasteiger partial charge in [0.1, 0.15) is 23.0 Å². The van der Waals surface area contributed by atoms with Crippen LogP contribution in [0.1, 0.15) is 6.92 Å². The lowest BCUT2D eigenvalue weighted by Crippen LogP contribution is -2.38. The molecule has 2 aromatic heterocycles. The minimum atomic E-state index is -0.936. The largest absolute Gasteiger partial charge is 0.493 e. The lowest BCUT2D eigenvalue weighted by Gasteiger charge is -2.13. The van der Waals surface area contributed by atoms with Gasteiger partial charge in [-0.15, -0.1) is 0 Å². The number of urea groups is 4. The number of para-hydroxylation sites is 1. The van der Waals surface area contributed by atoms with Crippen molar-refractivity contribution in [3.63, 3.8) is 0 Å². The summed E-state index contributed by atoms with van der Waals surface area (Å²) in [5.74, 6) is 4.50. The van der Waals surface area contributed by atoms with Gasteiger partial charge >= 0.3 is 24.1 Å². The fourth-order valence-corrected chi connectivity index (χ4v) is 5.98. The van der Waals surface area contributed by atoms with Crippen LogP contribution in [-0.4, -0.2) is 69.2 Å². The number of carbonyl (C=O) groups excluding carboxylic acids is 4. The number of alkyl halides is 1. The first-order chi connectivity index (χ1) is 31.9. The molecule has 7 N–H and O–H groups in total. The molecule has 2 heterocycles. The van der Waals surface area contributed by atoms with Gasteiger partial charge in [-0.05, 0) is 91.9 Å². The van der Waals surface area contributed by atoms with Crippen molar-refractivity contribution in [2.75, 3.05) is 51.1 Å². The minimum Gasteiger partial charge on any atom is -0.493 e. The molecule has 0 spiro atoms. The summed E-state index contributed by atoms with van der Waals surface area (Å²) in [4.78, 5) is 55.0. The Labute approximate surface area is 382 Å². The van der Waals surface area contributed by atoms with Crippen molar-refractivity contribution < 1.29 is 52.0 Å². The summed E-state index contributed by atoms with van der Waals surface area (Å²) in [6.45, 7) is 1.21. The first-order valence-corrected chi connectivity index (χ1v) is 19.9. The van der Waals surface area contributed by atoms with E-state index >= 15 is 0 Å². The predicted molar refractivity (Wildman–Crippen MR) is 249 cm³/mol. The SMILES string of the molecule is CCF.COc1cc2nccc(Oc3ccc(NC(=O)NC(=O)Nc4ccccc4Cl)cc3)c2cc1OC.COc1cc2nccc(Oc3ccc(NC(=O)NC(N)=O)cc3)c2cc1OC. The van der Waals surface area contributed by atoms with E-state index in [0.29, 0.717) is 79.1 Å². The summed E-state index contributed by atoms with van der Waals surface area (Å²) in [6.07, 6.45) is 3.27. The summed E-state index contributed by atoms with van der Waals surface area (Å²) in [7, 11) is 6.23. The van der Waals surface area contributed by atoms with Gasteiger partial charge in [0.05, 0.1) is 56.9 Å². The molecule has 342 valence electrons. The molecule has 66 heavy (non-hydrogen) atoms. The number of hydrogen-bond acceptors (Lipinski definition) is 12. The molecule has 20 heteroatoms. The Morgan fingerprint density at radius 2 is 0.955 bits per heavy atom. The van der Waals surface area contributed by atoms with E-state index in [0.717, 1.165) is 10.8 Å². The van der Waals surface area contributed by atoms with Crippen LogP contribution in [0, 0.1) is 0 Å². The summed E-state index contributed by atoms with van der Waals surface area (Å²) < 4.78 is 43.6. The molecule has 0 fully saturated rings. The average molecular weight is 923 g/mol. The number of primary amides is 1. The molecule has 7 rings (SSSR count). The van der Waals surface area contributed by atoms with Gasteiger partial charge in [0.25, 0.3) is 0 Å². The molecule has 0 unspecified atom stereocenters. The van der Waals surface area contributed by atoms with E-state index in [-0.39, 0.29) is 6.67 Å². The highest BCUT2D eigenvalue weighted by molar-refractivity contribution is 6.33. The third kappa shape index (κ3) is 13.5. The monoisotopic (exact) mass is 922 g/mol. The summed E-state index contributed by atoms with van der Waals surface area (Å²) in [5.41, 5.74) is 7.59. The Hall–Kier alpha value is -8.58. The number of nitrogens with two attached hydrogens (primary N) is 1. The van der Waals surface area contributed by atoms with E-state index < -0.39 is 24.1 Å². The van der Waals surface area contributed by atoms with Gasteiger partial charge in [0, 0.05) is 46.7 Å². The second-order valence-electron chi connectivity index (χ2n) is 13.0. The van der Waals surface area contributed by atoms with Crippen LogP contribution < -0.4 is 60.7 Å². The molecule has 0 aliphatic heterocycles. The van der Waals surface area contributed by atoms with Crippen LogP contribution >= 0.6 is 11.6 Å². The first kappa shape index (κ1) is 48.5. The quantitative estimate of drug-likeness (QED) is 0.0711. The Morgan fingerprint density at radius 3 is 1.36 bits per heavy atom. The number of fused-ring (bicyclic) bond motifs is 2. The van der Waals surface area contributed by atoms with E-state index in [1.807, 2.05) is 5.32 Å². The predicted octanol–water partition coefficient (Wildman–Crippen LogP) is 10.3. The maximum atomic E-state index is 12.2. The summed E-state index contributed by atoms with van der Waals surface area (Å²) in [6, 6.07) is 27.5. The summed E-state index contributed by atoms with van der Waals surface area (Å²) >= 11 is 6.00. The lowest BCUT2D eigenvalue weighted by molar-refractivity contribution is 0.237. The molecule has 0 saturated carbocycles. The van der Waals surface area contributed by atoms with Crippen molar-refractivity contribution >= 4 is 74.6 Å². The first-order valence-electron chi connectivity index (χ1n) is 19.5. The number of amides is 8. The number of nitrogens with one attached hydrogen (secondary N) is 5. The van der Waals surface area contributed by atoms with Crippen molar-refractivity contribution in [1.82, 2.24) is 20.6 Å². The van der Waals surface area contributed by atoms with Crippen LogP contribution in [0.25, 0.3) is 21.8 Å². The van der Waals surface area contributed by atoms with Crippen LogP contribution in [-0.2, 0) is 0 Å². The topological polar surface area (TPSA) is 236 Å². The third-order valence-electron chi connectivity index (χ3n) is 8.68. The molecular weight excluding hydrogens is 879 g/mol. The second kappa shape index (κ2) is 23.7. The highest BCUT2D eigenvalue weighted by Gasteiger charge is 2.14. The van der Waals surface area contributed by atoms with Crippen molar-refractivity contribution in [2.45, 2.75) is 6.92 Å². The van der Waals surface area contributed by atoms with Gasteiger partial charge in [-0.2, -0.15) is 0 Å². The van der Waals surface area contributed by atoms with Crippen LogP contribution in [0.2, 0.25) is 5.02 Å². The van der Waals surface area contributed by atoms with Crippen LogP contribution in [0.4, 0.5) is 40.6 Å². The van der Waals surface area contributed by atoms with E-state index in [4.69, 9.17) is 45.8 Å². The molecule has 0 aliphatic carbocycles. The van der Waals surface area contributed by atoms with Crippen LogP contribution in [0.3, 0.4) is 0 Å². The molecule has 0 bridgehead atoms. The average Bonchev–Trinajstić information content (AvgIpc) is 3.30. The molecule has 0 atom stereocenters. The molecule has 18 nitrogen and oxygen atoms in total. The molecule has 0 aliphatic rings. The standard InChI is InChI=1S/C25H21ClN4O5.C19H18N4O5.C2H5F/c1-33-22-13-17-20(14-23(22)34-2)27-12-11-21(17)35-16-9-7-15(8-10-16)28-24(31)30-25(32)29-19-6-4-3-5-18(19)26;1-26-16-9-13-14(10-17(16)27-2)21-8-7-15(13)28-12-5-3-11(4-6-12)22-19(25)23-18(20)24;1-2-3/h3-14H,1-2H3,(H3,28,29,30,31,32);3-10H,1-2H3,(H4,20,22,23,24,25);2H2,1H3. The number of carbonyl (C=O) groups is 4. The van der Waals surface area contributed by atoms with Crippen molar-refractivity contribution in [3.8, 4) is 46.0 Å². The molecule has 0 saturated heterocycles. The zero-order valence-electron chi connectivity index (χ0n) is 36.1. The van der Waals surface area contributed by atoms with E-state index in [2.05, 4.69) is 31.2 Å². The Balaban J connectivity index is 0.000000239. The highest BCUT2D eigenvalue weighted by atomic mass is 35.5. The zero-order valence-corrected chi connectivity index (χ0v) is 36.8. The normalized spacial score (nSPS) is 10.1. The Bertz CT molecular complexity index is 2800. The maximum absolute atomic E-state index is 12.2. The number of halogens is 2. The number of rotatable bonds is 11. The van der Waals surface area contributed by atoms with E-state index in [9.17, 15) is 23.6 Å². The van der Waals surface area contributed by atoms with Gasteiger partial charge in [-0.3, -0.25) is 25.0 Å². The number of pyridine rings is 2. The number of ether oxygens (including phenoxy) is 6. The number of anilines is 3. The van der Waals surface area contributed by atoms with E-state index in [1.54, 1.807) is 150 Å². The van der Waals surface area contributed by atoms with Gasteiger partial charge in [0.15, 0.2) is 23.0 Å². The van der Waals surface area contributed by atoms with Gasteiger partial charge < -0.3 is 50.1 Å². The number of hydrogen-bond donors (Lipinski definition) is 6. The number of benzene rings is 5. The van der Waals surface area contributed by atoms with Crippen molar-refractivity contribution in [2.24, 2.45) is 5.73 Å². The van der Waals surface area contributed by atoms with Crippen LogP contribution in [0.5, 0.6) is 46.0 Å². The lowest BCUT2D eigenvalue weighted by atomic mass is 10.2. The number of methoxy groups -OCH3 is 4. The number of imide groups is 2. The van der Waals surface area contributed by atoms with Gasteiger partial charge in [0.2, 0.25) is 0 Å². The molecular formula is C46H44ClFN8O10. The Kier molecular flexibility index (Phi) is 17.4. The Morgan fingerprint density at radius 1 is 0.561 bits per heavy atom. The molecule has 0 radical (unpaired) electrons. The van der Waals surface area contributed by atoms with E-state index in [1.165, 1.54) is 6.92 Å². The fraction of sp³-hybridized carbons (Fsp3) is 0.130. The van der Waals surface area contributed by atoms with Gasteiger partial charge in [-0.25, -0.2) is 19.2 Å². The number of aromatic nitrogens is 2. The minimum absolute atomic E-state index is 0.250. The number of nitrogens with zero attached hydrogens (tertiary/aromatic N) is 2. The third-order valence-corrected chi connectivity index (χ3v) is 9.01. The van der Waals surface area contributed by atoms with Gasteiger partial charge in [-0.1, -0.05) is 23.7 Å². The second-order valence-corrected chi connectivity index (χ2v) is 13.5. The van der Waals surface area contributed by atoms with Crippen molar-refractivity contribution in [3.05, 3.63) is 127 Å². The van der Waals surface area contributed by atoms with Crippen molar-refractivity contribution in [1.29, 1.82) is 0 Å². The zero-order chi connectivity index (χ0) is 47.6. The maximum Gasteiger partial charge on any atom is 0.327 e. The fourth-order valence-electron chi connectivity index (χ4n) is 5.80. The molecule has 8 amide bonds. The molecule has 7 aromatic rings. The molecule has 5 aromatic carbocycles.